The second-order valence-electron chi connectivity index (χ2n) is 7.03. The smallest absolute Gasteiger partial charge is 0.279 e. The molecule has 2 aromatic carbocycles. The Hall–Kier alpha value is -3.44. The average molecular weight is 496 g/mol. The number of hydrogen-bond donors (Lipinski definition) is 1. The van der Waals surface area contributed by atoms with Gasteiger partial charge in [-0.25, -0.2) is 8.42 Å². The Balaban J connectivity index is 1.71. The molecule has 170 valence electrons. The molecule has 7 nitrogen and oxygen atoms in total. The van der Waals surface area contributed by atoms with E-state index in [1.54, 1.807) is 12.1 Å². The fourth-order valence-corrected chi connectivity index (χ4v) is 4.67. The van der Waals surface area contributed by atoms with E-state index in [0.717, 1.165) is 23.1 Å². The second kappa shape index (κ2) is 8.16. The van der Waals surface area contributed by atoms with E-state index in [0.29, 0.717) is 11.6 Å². The highest BCUT2D eigenvalue weighted by molar-refractivity contribution is 7.92. The lowest BCUT2D eigenvalue weighted by Crippen LogP contribution is -2.29. The average Bonchev–Trinajstić information content (AvgIpc) is 3.02. The van der Waals surface area contributed by atoms with Crippen LogP contribution < -0.4 is 4.72 Å². The largest absolute Gasteiger partial charge is 0.416 e. The summed E-state index contributed by atoms with van der Waals surface area (Å²) >= 11 is 6.11. The molecule has 0 saturated carbocycles. The molecule has 1 aliphatic heterocycles. The first kappa shape index (κ1) is 22.7. The van der Waals surface area contributed by atoms with Crippen molar-refractivity contribution in [1.82, 2.24) is 9.88 Å². The van der Waals surface area contributed by atoms with Gasteiger partial charge in [0.05, 0.1) is 38.8 Å². The van der Waals surface area contributed by atoms with Crippen LogP contribution in [0, 0.1) is 0 Å². The Bertz CT molecular complexity index is 1380. The number of nitrogens with zero attached hydrogens (tertiary/aromatic N) is 2. The van der Waals surface area contributed by atoms with Gasteiger partial charge in [-0.3, -0.25) is 24.2 Å². The highest BCUT2D eigenvalue weighted by Crippen LogP contribution is 2.37. The van der Waals surface area contributed by atoms with Crippen molar-refractivity contribution in [3.8, 4) is 0 Å². The number of imide groups is 1. The van der Waals surface area contributed by atoms with E-state index >= 15 is 0 Å². The lowest BCUT2D eigenvalue weighted by molar-refractivity contribution is -0.137. The number of sulfonamides is 1. The van der Waals surface area contributed by atoms with Crippen LogP contribution >= 0.6 is 11.6 Å². The predicted octanol–water partition coefficient (Wildman–Crippen LogP) is 4.35. The molecule has 2 amide bonds. The number of carbonyl (C=O) groups excluding carboxylic acids is 2. The SMILES string of the molecule is O=C1c2c(Cl)ccc(NS(=O)(=O)c3cccc(C(F)(F)F)c3)c2C(=O)N1Cc1cccnc1. The summed E-state index contributed by atoms with van der Waals surface area (Å²) in [4.78, 5) is 30.1. The Morgan fingerprint density at radius 2 is 1.73 bits per heavy atom. The van der Waals surface area contributed by atoms with E-state index < -0.39 is 38.5 Å². The summed E-state index contributed by atoms with van der Waals surface area (Å²) in [5, 5.41) is -0.0703. The van der Waals surface area contributed by atoms with Gasteiger partial charge in [-0.1, -0.05) is 23.7 Å². The first-order valence-corrected chi connectivity index (χ1v) is 11.1. The van der Waals surface area contributed by atoms with Crippen LogP contribution in [0.3, 0.4) is 0 Å². The zero-order valence-electron chi connectivity index (χ0n) is 16.4. The maximum atomic E-state index is 13.0. The van der Waals surface area contributed by atoms with Crippen LogP contribution in [0.25, 0.3) is 0 Å². The van der Waals surface area contributed by atoms with Crippen LogP contribution in [0.4, 0.5) is 18.9 Å². The van der Waals surface area contributed by atoms with Gasteiger partial charge < -0.3 is 0 Å². The van der Waals surface area contributed by atoms with E-state index in [1.807, 2.05) is 0 Å². The second-order valence-corrected chi connectivity index (χ2v) is 9.12. The van der Waals surface area contributed by atoms with Crippen molar-refractivity contribution >= 4 is 39.1 Å². The molecule has 0 saturated heterocycles. The lowest BCUT2D eigenvalue weighted by Gasteiger charge is -2.14. The zero-order chi connectivity index (χ0) is 24.0. The van der Waals surface area contributed by atoms with E-state index in [2.05, 4.69) is 9.71 Å². The number of amides is 2. The molecule has 0 aliphatic carbocycles. The van der Waals surface area contributed by atoms with Gasteiger partial charge >= 0.3 is 6.18 Å². The van der Waals surface area contributed by atoms with Crippen molar-refractivity contribution in [2.24, 2.45) is 0 Å². The van der Waals surface area contributed by atoms with Gasteiger partial charge in [-0.15, -0.1) is 0 Å². The van der Waals surface area contributed by atoms with Gasteiger partial charge in [0.15, 0.2) is 0 Å². The predicted molar refractivity (Wildman–Crippen MR) is 112 cm³/mol. The Labute approximate surface area is 190 Å². The quantitative estimate of drug-likeness (QED) is 0.531. The standard InChI is InChI=1S/C21H13ClF3N3O4S/c22-15-6-7-16(27-33(31,32)14-5-1-4-13(9-14)21(23,24)25)18-17(15)19(29)28(20(18)30)11-12-3-2-8-26-10-12/h1-10,27H,11H2. The first-order chi connectivity index (χ1) is 15.5. The third-order valence-corrected chi connectivity index (χ3v) is 6.53. The maximum absolute atomic E-state index is 13.0. The molecule has 1 N–H and O–H groups in total. The minimum atomic E-state index is -4.75. The third-order valence-electron chi connectivity index (χ3n) is 4.85. The van der Waals surface area contributed by atoms with Gasteiger partial charge in [-0.05, 0) is 42.0 Å². The molecule has 1 aromatic heterocycles. The molecule has 1 aliphatic rings. The summed E-state index contributed by atoms with van der Waals surface area (Å²) in [7, 11) is -4.53. The van der Waals surface area contributed by atoms with Crippen molar-refractivity contribution < 1.29 is 31.2 Å². The summed E-state index contributed by atoms with van der Waals surface area (Å²) in [6.07, 6.45) is -1.77. The third kappa shape index (κ3) is 4.29. The van der Waals surface area contributed by atoms with Crippen LogP contribution in [-0.4, -0.2) is 30.1 Å². The lowest BCUT2D eigenvalue weighted by atomic mass is 10.1. The molecule has 0 atom stereocenters. The molecular formula is C21H13ClF3N3O4S. The number of halogens is 4. The number of pyridine rings is 1. The van der Waals surface area contributed by atoms with Gasteiger partial charge in [0.25, 0.3) is 21.8 Å². The number of aromatic nitrogens is 1. The Morgan fingerprint density at radius 1 is 1.00 bits per heavy atom. The van der Waals surface area contributed by atoms with Gasteiger partial charge in [0.2, 0.25) is 0 Å². The molecule has 2 heterocycles. The molecule has 0 unspecified atom stereocenters. The van der Waals surface area contributed by atoms with Gasteiger partial charge in [0.1, 0.15) is 0 Å². The number of rotatable bonds is 5. The molecule has 12 heteroatoms. The molecule has 0 spiro atoms. The fourth-order valence-electron chi connectivity index (χ4n) is 3.32. The number of nitrogens with one attached hydrogen (secondary N) is 1. The molecule has 33 heavy (non-hydrogen) atoms. The summed E-state index contributed by atoms with van der Waals surface area (Å²) < 4.78 is 66.7. The molecule has 0 fully saturated rings. The molecule has 0 bridgehead atoms. The summed E-state index contributed by atoms with van der Waals surface area (Å²) in [5.74, 6) is -1.54. The van der Waals surface area contributed by atoms with Crippen LogP contribution in [-0.2, 0) is 22.7 Å². The van der Waals surface area contributed by atoms with Gasteiger partial charge in [-0.2, -0.15) is 13.2 Å². The van der Waals surface area contributed by atoms with Crippen molar-refractivity contribution in [2.45, 2.75) is 17.6 Å². The van der Waals surface area contributed by atoms with E-state index in [9.17, 15) is 31.2 Å². The van der Waals surface area contributed by atoms with Crippen LogP contribution in [0.1, 0.15) is 31.8 Å². The van der Waals surface area contributed by atoms with E-state index in [-0.39, 0.29) is 28.4 Å². The molecule has 3 aromatic rings. The van der Waals surface area contributed by atoms with Crippen LogP contribution in [0.2, 0.25) is 5.02 Å². The molecular weight excluding hydrogens is 483 g/mol. The number of carbonyl (C=O) groups is 2. The summed E-state index contributed by atoms with van der Waals surface area (Å²) in [5.41, 5.74) is -1.37. The monoisotopic (exact) mass is 495 g/mol. The van der Waals surface area contributed by atoms with Gasteiger partial charge in [0, 0.05) is 12.4 Å². The van der Waals surface area contributed by atoms with Crippen LogP contribution in [0.15, 0.2) is 65.8 Å². The zero-order valence-corrected chi connectivity index (χ0v) is 18.0. The molecule has 4 rings (SSSR count). The highest BCUT2D eigenvalue weighted by Gasteiger charge is 2.40. The van der Waals surface area contributed by atoms with E-state index in [4.69, 9.17) is 11.6 Å². The number of hydrogen-bond acceptors (Lipinski definition) is 5. The number of anilines is 1. The molecule has 0 radical (unpaired) electrons. The first-order valence-electron chi connectivity index (χ1n) is 9.27. The minimum absolute atomic E-state index is 0.0703. The maximum Gasteiger partial charge on any atom is 0.416 e. The minimum Gasteiger partial charge on any atom is -0.279 e. The topological polar surface area (TPSA) is 96.4 Å². The van der Waals surface area contributed by atoms with Crippen molar-refractivity contribution in [1.29, 1.82) is 0 Å². The van der Waals surface area contributed by atoms with Crippen LogP contribution in [0.5, 0.6) is 0 Å². The Morgan fingerprint density at radius 3 is 2.39 bits per heavy atom. The number of alkyl halides is 3. The Kier molecular flexibility index (Phi) is 5.62. The fraction of sp³-hybridized carbons (Fsp3) is 0.0952. The van der Waals surface area contributed by atoms with E-state index in [1.165, 1.54) is 24.5 Å². The number of fused-ring (bicyclic) bond motifs is 1. The summed E-state index contributed by atoms with van der Waals surface area (Å²) in [6, 6.07) is 8.81. The van der Waals surface area contributed by atoms with Crippen molar-refractivity contribution in [2.75, 3.05) is 4.72 Å². The normalized spacial score (nSPS) is 13.9. The van der Waals surface area contributed by atoms with Crippen molar-refractivity contribution in [3.63, 3.8) is 0 Å². The number of benzene rings is 2. The summed E-state index contributed by atoms with van der Waals surface area (Å²) in [6.45, 7) is -0.129. The van der Waals surface area contributed by atoms with Crippen molar-refractivity contribution in [3.05, 3.63) is 88.2 Å². The highest BCUT2D eigenvalue weighted by atomic mass is 35.5.